The molecule has 4 aliphatic rings. The van der Waals surface area contributed by atoms with Crippen LogP contribution in [0.3, 0.4) is 0 Å². The second-order valence-electron chi connectivity index (χ2n) is 6.59. The first-order valence-corrected chi connectivity index (χ1v) is 7.41. The van der Waals surface area contributed by atoms with Crippen LogP contribution in [0, 0.1) is 17.8 Å². The molecule has 1 aromatic rings. The fourth-order valence-electron chi connectivity index (χ4n) is 5.10. The van der Waals surface area contributed by atoms with Crippen molar-refractivity contribution in [1.82, 2.24) is 9.97 Å². The first kappa shape index (κ1) is 10.4. The molecule has 92 valence electrons. The van der Waals surface area contributed by atoms with Crippen molar-refractivity contribution in [3.05, 3.63) is 17.7 Å². The van der Waals surface area contributed by atoms with Crippen LogP contribution in [0.15, 0.2) is 6.20 Å². The number of rotatable bonds is 2. The molecule has 4 aliphatic carbocycles. The molecule has 17 heavy (non-hydrogen) atoms. The lowest BCUT2D eigenvalue weighted by atomic mass is 9.49. The summed E-state index contributed by atoms with van der Waals surface area (Å²) in [6.07, 6.45) is 10.5. The summed E-state index contributed by atoms with van der Waals surface area (Å²) in [5.41, 5.74) is 1.47. The number of aromatic nitrogens is 2. The number of hydrogen-bond donors (Lipinski definition) is 1. The van der Waals surface area contributed by atoms with Crippen LogP contribution in [0.25, 0.3) is 0 Å². The Morgan fingerprint density at radius 3 is 2.24 bits per heavy atom. The fourth-order valence-corrected chi connectivity index (χ4v) is 5.23. The van der Waals surface area contributed by atoms with Gasteiger partial charge in [0.25, 0.3) is 0 Å². The Labute approximate surface area is 107 Å². The number of H-pyrrole nitrogens is 1. The summed E-state index contributed by atoms with van der Waals surface area (Å²) in [6, 6.07) is 0. The second kappa shape index (κ2) is 3.50. The molecule has 0 saturated heterocycles. The lowest BCUT2D eigenvalue weighted by Gasteiger charge is -2.56. The number of hydrogen-bond acceptors (Lipinski definition) is 1. The Balaban J connectivity index is 1.72. The highest BCUT2D eigenvalue weighted by Crippen LogP contribution is 2.60. The minimum absolute atomic E-state index is 0.388. The number of aromatic amines is 1. The van der Waals surface area contributed by atoms with Gasteiger partial charge in [-0.25, -0.2) is 4.98 Å². The van der Waals surface area contributed by atoms with Crippen molar-refractivity contribution in [1.29, 1.82) is 0 Å². The van der Waals surface area contributed by atoms with Gasteiger partial charge in [-0.15, -0.1) is 11.6 Å². The minimum Gasteiger partial charge on any atom is -0.344 e. The van der Waals surface area contributed by atoms with E-state index in [4.69, 9.17) is 11.6 Å². The van der Waals surface area contributed by atoms with E-state index in [9.17, 15) is 0 Å². The fraction of sp³-hybridized carbons (Fsp3) is 0.786. The van der Waals surface area contributed by atoms with Gasteiger partial charge in [-0.2, -0.15) is 0 Å². The van der Waals surface area contributed by atoms with Gasteiger partial charge in [-0.05, 0) is 56.3 Å². The zero-order chi connectivity index (χ0) is 11.5. The maximum absolute atomic E-state index is 5.88. The summed E-state index contributed by atoms with van der Waals surface area (Å²) >= 11 is 5.88. The van der Waals surface area contributed by atoms with Crippen molar-refractivity contribution in [3.63, 3.8) is 0 Å². The molecule has 5 rings (SSSR count). The van der Waals surface area contributed by atoms with Crippen LogP contribution >= 0.6 is 11.6 Å². The van der Waals surface area contributed by atoms with Gasteiger partial charge in [0.1, 0.15) is 5.82 Å². The van der Waals surface area contributed by atoms with Crippen LogP contribution in [0.2, 0.25) is 0 Å². The van der Waals surface area contributed by atoms with E-state index in [1.807, 2.05) is 6.20 Å². The van der Waals surface area contributed by atoms with E-state index in [1.165, 1.54) is 44.3 Å². The van der Waals surface area contributed by atoms with E-state index in [0.29, 0.717) is 11.3 Å². The molecule has 4 fully saturated rings. The topological polar surface area (TPSA) is 28.7 Å². The Hall–Kier alpha value is -0.500. The number of nitrogens with zero attached hydrogens (tertiary/aromatic N) is 1. The van der Waals surface area contributed by atoms with E-state index >= 15 is 0 Å². The van der Waals surface area contributed by atoms with Crippen LogP contribution in [0.5, 0.6) is 0 Å². The molecule has 3 heteroatoms. The molecule has 0 spiro atoms. The summed E-state index contributed by atoms with van der Waals surface area (Å²) in [6.45, 7) is 0. The highest BCUT2D eigenvalue weighted by Gasteiger charge is 2.52. The van der Waals surface area contributed by atoms with Crippen molar-refractivity contribution < 1.29 is 0 Å². The van der Waals surface area contributed by atoms with Gasteiger partial charge in [0.2, 0.25) is 0 Å². The SMILES string of the molecule is ClCc1cnc(C23CC4CC(CC(C4)C2)C3)[nH]1. The predicted octanol–water partition coefficient (Wildman–Crippen LogP) is 3.62. The summed E-state index contributed by atoms with van der Waals surface area (Å²) in [7, 11) is 0. The van der Waals surface area contributed by atoms with Gasteiger partial charge in [0, 0.05) is 17.3 Å². The van der Waals surface area contributed by atoms with Crippen LogP contribution in [0.1, 0.15) is 50.0 Å². The average molecular weight is 251 g/mol. The zero-order valence-corrected chi connectivity index (χ0v) is 10.8. The monoisotopic (exact) mass is 250 g/mol. The van der Waals surface area contributed by atoms with E-state index < -0.39 is 0 Å². The van der Waals surface area contributed by atoms with Gasteiger partial charge in [0.15, 0.2) is 0 Å². The van der Waals surface area contributed by atoms with Crippen molar-refractivity contribution in [2.75, 3.05) is 0 Å². The van der Waals surface area contributed by atoms with Gasteiger partial charge in [-0.1, -0.05) is 0 Å². The number of halogens is 1. The third-order valence-corrected chi connectivity index (χ3v) is 5.60. The number of nitrogens with one attached hydrogen (secondary N) is 1. The van der Waals surface area contributed by atoms with Crippen molar-refractivity contribution in [3.8, 4) is 0 Å². The van der Waals surface area contributed by atoms with Crippen LogP contribution < -0.4 is 0 Å². The van der Waals surface area contributed by atoms with E-state index in [-0.39, 0.29) is 0 Å². The van der Waals surface area contributed by atoms with Gasteiger partial charge >= 0.3 is 0 Å². The van der Waals surface area contributed by atoms with Crippen LogP contribution in [0.4, 0.5) is 0 Å². The number of imidazole rings is 1. The molecule has 0 radical (unpaired) electrons. The summed E-state index contributed by atoms with van der Waals surface area (Å²) in [5.74, 6) is 4.73. The largest absolute Gasteiger partial charge is 0.344 e. The molecule has 1 heterocycles. The zero-order valence-electron chi connectivity index (χ0n) is 10.1. The maximum atomic E-state index is 5.88. The molecule has 2 nitrogen and oxygen atoms in total. The summed E-state index contributed by atoms with van der Waals surface area (Å²) < 4.78 is 0. The van der Waals surface area contributed by atoms with Crippen molar-refractivity contribution in [2.24, 2.45) is 17.8 Å². The summed E-state index contributed by atoms with van der Waals surface area (Å²) in [5, 5.41) is 0. The normalized spacial score (nSPS) is 43.2. The molecule has 0 aromatic carbocycles. The quantitative estimate of drug-likeness (QED) is 0.798. The highest BCUT2D eigenvalue weighted by molar-refractivity contribution is 6.16. The average Bonchev–Trinajstić information content (AvgIpc) is 2.76. The first-order valence-electron chi connectivity index (χ1n) is 6.88. The minimum atomic E-state index is 0.388. The van der Waals surface area contributed by atoms with Gasteiger partial charge in [0.05, 0.1) is 5.88 Å². The van der Waals surface area contributed by atoms with Gasteiger partial charge < -0.3 is 4.98 Å². The highest BCUT2D eigenvalue weighted by atomic mass is 35.5. The third kappa shape index (κ3) is 1.49. The Kier molecular flexibility index (Phi) is 2.15. The third-order valence-electron chi connectivity index (χ3n) is 5.31. The standard InChI is InChI=1S/C14H19ClN2/c15-7-12-8-16-13(17-12)14-4-9-1-10(5-14)3-11(2-9)6-14/h8-11H,1-7H2,(H,16,17). The molecule has 0 amide bonds. The van der Waals surface area contributed by atoms with Crippen molar-refractivity contribution >= 4 is 11.6 Å². The van der Waals surface area contributed by atoms with Crippen LogP contribution in [-0.2, 0) is 11.3 Å². The van der Waals surface area contributed by atoms with Crippen LogP contribution in [-0.4, -0.2) is 9.97 Å². The summed E-state index contributed by atoms with van der Waals surface area (Å²) in [4.78, 5) is 8.11. The first-order chi connectivity index (χ1) is 8.27. The smallest absolute Gasteiger partial charge is 0.112 e. The predicted molar refractivity (Wildman–Crippen MR) is 68.0 cm³/mol. The Morgan fingerprint density at radius 1 is 1.18 bits per heavy atom. The molecule has 4 bridgehead atoms. The van der Waals surface area contributed by atoms with E-state index in [2.05, 4.69) is 9.97 Å². The number of alkyl halides is 1. The lowest BCUT2D eigenvalue weighted by Crippen LogP contribution is -2.49. The molecular weight excluding hydrogens is 232 g/mol. The van der Waals surface area contributed by atoms with Gasteiger partial charge in [-0.3, -0.25) is 0 Å². The molecule has 1 aromatic heterocycles. The molecule has 1 N–H and O–H groups in total. The molecule has 0 atom stereocenters. The molecular formula is C14H19ClN2. The molecule has 4 saturated carbocycles. The Bertz CT molecular complexity index is 402. The maximum Gasteiger partial charge on any atom is 0.112 e. The lowest BCUT2D eigenvalue weighted by molar-refractivity contribution is -0.00904. The molecule has 0 unspecified atom stereocenters. The Morgan fingerprint density at radius 2 is 1.76 bits per heavy atom. The second-order valence-corrected chi connectivity index (χ2v) is 6.86. The van der Waals surface area contributed by atoms with E-state index in [1.54, 1.807) is 0 Å². The van der Waals surface area contributed by atoms with Crippen molar-refractivity contribution in [2.45, 2.75) is 49.8 Å². The molecule has 0 aliphatic heterocycles. The van der Waals surface area contributed by atoms with E-state index in [0.717, 1.165) is 23.4 Å².